The number of rotatable bonds is 0. The van der Waals surface area contributed by atoms with Crippen LogP contribution in [0.1, 0.15) is 27.9 Å². The highest BCUT2D eigenvalue weighted by Crippen LogP contribution is 2.32. The molecule has 0 spiro atoms. The van der Waals surface area contributed by atoms with Gasteiger partial charge in [0.2, 0.25) is 0 Å². The Hall–Kier alpha value is -3.01. The van der Waals surface area contributed by atoms with E-state index in [2.05, 4.69) is 16.8 Å². The van der Waals surface area contributed by atoms with Gasteiger partial charge in [-0.1, -0.05) is 30.0 Å². The van der Waals surface area contributed by atoms with Gasteiger partial charge in [-0.25, -0.2) is 4.98 Å². The number of nitrogens with zero attached hydrogens (tertiary/aromatic N) is 1. The van der Waals surface area contributed by atoms with Crippen LogP contribution in [0.5, 0.6) is 0 Å². The molecule has 138 valence electrons. The second kappa shape index (κ2) is 6.62. The zero-order valence-electron chi connectivity index (χ0n) is 13.8. The average molecular weight is 379 g/mol. The van der Waals surface area contributed by atoms with E-state index in [0.29, 0.717) is 10.9 Å². The average Bonchev–Trinajstić information content (AvgIpc) is 2.59. The molecule has 0 unspecified atom stereocenters. The third kappa shape index (κ3) is 4.05. The lowest BCUT2D eigenvalue weighted by Crippen LogP contribution is -2.09. The summed E-state index contributed by atoms with van der Waals surface area (Å²) >= 11 is 0. The second-order valence-electron chi connectivity index (χ2n) is 5.85. The van der Waals surface area contributed by atoms with Crippen molar-refractivity contribution in [3.63, 3.8) is 0 Å². The van der Waals surface area contributed by atoms with Crippen LogP contribution in [-0.4, -0.2) is 4.98 Å². The molecule has 0 aliphatic carbocycles. The van der Waals surface area contributed by atoms with E-state index in [-0.39, 0.29) is 16.6 Å². The summed E-state index contributed by atoms with van der Waals surface area (Å²) in [5.41, 5.74) is -0.774. The fourth-order valence-electron chi connectivity index (χ4n) is 2.52. The fraction of sp³-hybridized carbons (Fsp3) is 0.150. The first-order chi connectivity index (χ1) is 12.6. The minimum Gasteiger partial charge on any atom is -0.243 e. The predicted octanol–water partition coefficient (Wildman–Crippen LogP) is 5.98. The first-order valence-electron chi connectivity index (χ1n) is 7.72. The molecule has 0 N–H and O–H groups in total. The molecule has 0 radical (unpaired) electrons. The maximum atomic E-state index is 13.1. The summed E-state index contributed by atoms with van der Waals surface area (Å²) in [6.07, 6.45) is -9.10. The molecule has 0 atom stereocenters. The summed E-state index contributed by atoms with van der Waals surface area (Å²) < 4.78 is 77.2. The van der Waals surface area contributed by atoms with Crippen LogP contribution >= 0.6 is 0 Å². The molecule has 1 heterocycles. The van der Waals surface area contributed by atoms with Gasteiger partial charge in [0.05, 0.1) is 11.1 Å². The van der Waals surface area contributed by atoms with E-state index in [1.807, 2.05) is 0 Å². The summed E-state index contributed by atoms with van der Waals surface area (Å²) in [7, 11) is 0. The van der Waals surface area contributed by atoms with E-state index in [0.717, 1.165) is 18.2 Å². The molecule has 0 bridgehead atoms. The molecule has 3 rings (SSSR count). The molecular formula is C20H11F6N. The number of halogens is 6. The Morgan fingerprint density at radius 1 is 0.815 bits per heavy atom. The first-order valence-corrected chi connectivity index (χ1v) is 7.72. The minimum absolute atomic E-state index is 0.107. The summed E-state index contributed by atoms with van der Waals surface area (Å²) in [5.74, 6) is 5.25. The van der Waals surface area contributed by atoms with Crippen LogP contribution in [0.4, 0.5) is 26.3 Å². The van der Waals surface area contributed by atoms with E-state index in [1.54, 1.807) is 25.1 Å². The van der Waals surface area contributed by atoms with Gasteiger partial charge in [-0.3, -0.25) is 0 Å². The largest absolute Gasteiger partial charge is 0.433 e. The van der Waals surface area contributed by atoms with Crippen LogP contribution in [0.25, 0.3) is 10.9 Å². The van der Waals surface area contributed by atoms with E-state index < -0.39 is 23.6 Å². The SMILES string of the molecule is Cc1cccc2c(C#Cc3ccc(C(F)(F)F)cc3)cc(C(F)(F)F)nc12. The van der Waals surface area contributed by atoms with E-state index in [9.17, 15) is 26.3 Å². The normalized spacial score (nSPS) is 12.0. The molecule has 1 nitrogen and oxygen atoms in total. The van der Waals surface area contributed by atoms with Crippen molar-refractivity contribution < 1.29 is 26.3 Å². The second-order valence-corrected chi connectivity index (χ2v) is 5.85. The molecule has 0 amide bonds. The van der Waals surface area contributed by atoms with Crippen molar-refractivity contribution in [2.24, 2.45) is 0 Å². The lowest BCUT2D eigenvalue weighted by molar-refractivity contribution is -0.141. The maximum absolute atomic E-state index is 13.1. The highest BCUT2D eigenvalue weighted by Gasteiger charge is 2.33. The Morgan fingerprint density at radius 2 is 1.48 bits per heavy atom. The Balaban J connectivity index is 2.10. The number of para-hydroxylation sites is 1. The van der Waals surface area contributed by atoms with E-state index >= 15 is 0 Å². The van der Waals surface area contributed by atoms with E-state index in [4.69, 9.17) is 0 Å². The number of hydrogen-bond acceptors (Lipinski definition) is 1. The van der Waals surface area contributed by atoms with Gasteiger partial charge in [0.25, 0.3) is 0 Å². The zero-order chi connectivity index (χ0) is 19.8. The Kier molecular flexibility index (Phi) is 4.60. The number of fused-ring (bicyclic) bond motifs is 1. The molecule has 27 heavy (non-hydrogen) atoms. The van der Waals surface area contributed by atoms with Gasteiger partial charge in [0.1, 0.15) is 5.69 Å². The van der Waals surface area contributed by atoms with Crippen LogP contribution in [0.3, 0.4) is 0 Å². The molecule has 7 heteroatoms. The molecule has 2 aromatic carbocycles. The van der Waals surface area contributed by atoms with E-state index in [1.165, 1.54) is 12.1 Å². The quantitative estimate of drug-likeness (QED) is 0.346. The molecular weight excluding hydrogens is 368 g/mol. The van der Waals surface area contributed by atoms with Crippen LogP contribution in [-0.2, 0) is 12.4 Å². The van der Waals surface area contributed by atoms with Gasteiger partial charge in [-0.2, -0.15) is 26.3 Å². The molecule has 0 saturated heterocycles. The number of aromatic nitrogens is 1. The molecule has 0 aliphatic heterocycles. The summed E-state index contributed by atoms with van der Waals surface area (Å²) in [4.78, 5) is 3.68. The molecule has 1 aromatic heterocycles. The highest BCUT2D eigenvalue weighted by molar-refractivity contribution is 5.87. The van der Waals surface area contributed by atoms with Crippen LogP contribution in [0.2, 0.25) is 0 Å². The van der Waals surface area contributed by atoms with Crippen molar-refractivity contribution in [1.29, 1.82) is 0 Å². The summed E-state index contributed by atoms with van der Waals surface area (Å²) in [6.45, 7) is 1.64. The van der Waals surface area contributed by atoms with Crippen molar-refractivity contribution in [1.82, 2.24) is 4.98 Å². The van der Waals surface area contributed by atoms with Gasteiger partial charge in [0, 0.05) is 16.5 Å². The summed E-state index contributed by atoms with van der Waals surface area (Å²) in [5, 5.41) is 0.447. The van der Waals surface area contributed by atoms with Gasteiger partial charge < -0.3 is 0 Å². The van der Waals surface area contributed by atoms with Gasteiger partial charge >= 0.3 is 12.4 Å². The Morgan fingerprint density at radius 3 is 2.07 bits per heavy atom. The lowest BCUT2D eigenvalue weighted by atomic mass is 10.0. The van der Waals surface area contributed by atoms with Gasteiger partial charge in [0.15, 0.2) is 0 Å². The molecule has 0 saturated carbocycles. The third-order valence-corrected chi connectivity index (χ3v) is 3.89. The molecule has 3 aromatic rings. The Labute approximate surface area is 150 Å². The predicted molar refractivity (Wildman–Crippen MR) is 88.9 cm³/mol. The number of pyridine rings is 1. The standard InChI is InChI=1S/C20H11F6N/c1-12-3-2-4-16-14(11-17(20(24,25)26)27-18(12)16)8-5-13-6-9-15(10-7-13)19(21,22)23/h2-4,6-7,9-11H,1H3. The number of aryl methyl sites for hydroxylation is 1. The summed E-state index contributed by atoms with van der Waals surface area (Å²) in [6, 6.07) is 9.87. The Bertz CT molecular complexity index is 1050. The topological polar surface area (TPSA) is 12.9 Å². The third-order valence-electron chi connectivity index (χ3n) is 3.89. The van der Waals surface area contributed by atoms with Crippen LogP contribution in [0, 0.1) is 18.8 Å². The van der Waals surface area contributed by atoms with Crippen molar-refractivity contribution >= 4 is 10.9 Å². The lowest BCUT2D eigenvalue weighted by Gasteiger charge is -2.10. The van der Waals surface area contributed by atoms with Crippen molar-refractivity contribution in [2.75, 3.05) is 0 Å². The highest BCUT2D eigenvalue weighted by atomic mass is 19.4. The minimum atomic E-state index is -4.64. The van der Waals surface area contributed by atoms with Crippen molar-refractivity contribution in [3.8, 4) is 11.8 Å². The monoisotopic (exact) mass is 379 g/mol. The van der Waals surface area contributed by atoms with Crippen molar-refractivity contribution in [2.45, 2.75) is 19.3 Å². The van der Waals surface area contributed by atoms with Crippen molar-refractivity contribution in [3.05, 3.63) is 76.5 Å². The number of alkyl halides is 6. The zero-order valence-corrected chi connectivity index (χ0v) is 13.8. The smallest absolute Gasteiger partial charge is 0.243 e. The first kappa shape index (κ1) is 18.8. The fourth-order valence-corrected chi connectivity index (χ4v) is 2.52. The maximum Gasteiger partial charge on any atom is 0.433 e. The molecule has 0 aliphatic rings. The van der Waals surface area contributed by atoms with Crippen LogP contribution in [0.15, 0.2) is 48.5 Å². The number of hydrogen-bond donors (Lipinski definition) is 0. The van der Waals surface area contributed by atoms with Gasteiger partial charge in [-0.05, 0) is 42.8 Å². The number of benzene rings is 2. The van der Waals surface area contributed by atoms with Crippen LogP contribution < -0.4 is 0 Å². The molecule has 0 fully saturated rings. The van der Waals surface area contributed by atoms with Gasteiger partial charge in [-0.15, -0.1) is 0 Å².